The molecule has 0 aromatic rings. The molecule has 0 radical (unpaired) electrons. The molecule has 1 saturated carbocycles. The summed E-state index contributed by atoms with van der Waals surface area (Å²) < 4.78 is 0. The molecule has 1 rings (SSSR count). The quantitative estimate of drug-likeness (QED) is 0.503. The Kier molecular flexibility index (Phi) is 0.889. The second-order valence-electron chi connectivity index (χ2n) is 2.02. The van der Waals surface area contributed by atoms with Gasteiger partial charge in [0.15, 0.2) is 0 Å². The molecule has 2 nitrogen and oxygen atoms in total. The topological polar surface area (TPSA) is 29.1 Å². The van der Waals surface area contributed by atoms with Gasteiger partial charge in [0.05, 0.1) is 5.54 Å². The van der Waals surface area contributed by atoms with Crippen LogP contribution < -0.4 is 5.32 Å². The number of hydrogen-bond donors (Lipinski definition) is 1. The molecule has 0 amide bonds. The van der Waals surface area contributed by atoms with Gasteiger partial charge in [-0.1, -0.05) is 0 Å². The highest BCUT2D eigenvalue weighted by Gasteiger charge is 2.40. The zero-order valence-corrected chi connectivity index (χ0v) is 4.40. The molecule has 0 heterocycles. The number of carbonyl (C=O) groups excluding carboxylic acids is 1. The van der Waals surface area contributed by atoms with Crippen molar-refractivity contribution in [2.24, 2.45) is 0 Å². The van der Waals surface area contributed by atoms with Crippen LogP contribution >= 0.6 is 0 Å². The molecule has 0 aromatic carbocycles. The molecular formula is C5H11NO. The Balaban J connectivity index is 0.000000490. The standard InChI is InChI=1S/C5H9NO.H2/c1-6-5(4-7)2-3-5;/h4,6H,2-3H2,1H3;1H. The van der Waals surface area contributed by atoms with Gasteiger partial charge in [0.2, 0.25) is 0 Å². The molecule has 2 heteroatoms. The first-order valence-electron chi connectivity index (χ1n) is 2.48. The van der Waals surface area contributed by atoms with Gasteiger partial charge in [0.25, 0.3) is 0 Å². The normalized spacial score (nSPS) is 24.1. The molecule has 42 valence electrons. The van der Waals surface area contributed by atoms with Crippen LogP contribution in [-0.4, -0.2) is 18.9 Å². The number of carbonyl (C=O) groups is 1. The largest absolute Gasteiger partial charge is 0.308 e. The first kappa shape index (κ1) is 4.78. The van der Waals surface area contributed by atoms with Crippen LogP contribution in [0.1, 0.15) is 14.3 Å². The summed E-state index contributed by atoms with van der Waals surface area (Å²) in [6.45, 7) is 0. The first-order chi connectivity index (χ1) is 3.33. The lowest BCUT2D eigenvalue weighted by atomic mass is 10.3. The zero-order valence-electron chi connectivity index (χ0n) is 4.40. The van der Waals surface area contributed by atoms with Gasteiger partial charge in [-0.25, -0.2) is 0 Å². The van der Waals surface area contributed by atoms with Crippen molar-refractivity contribution in [3.8, 4) is 0 Å². The fourth-order valence-corrected chi connectivity index (χ4v) is 0.561. The van der Waals surface area contributed by atoms with Gasteiger partial charge in [-0.15, -0.1) is 0 Å². The van der Waals surface area contributed by atoms with Gasteiger partial charge in [0, 0.05) is 1.43 Å². The Morgan fingerprint density at radius 2 is 2.43 bits per heavy atom. The van der Waals surface area contributed by atoms with Crippen molar-refractivity contribution in [2.75, 3.05) is 7.05 Å². The van der Waals surface area contributed by atoms with E-state index >= 15 is 0 Å². The van der Waals surface area contributed by atoms with Crippen molar-refractivity contribution in [3.63, 3.8) is 0 Å². The maximum Gasteiger partial charge on any atom is 0.140 e. The van der Waals surface area contributed by atoms with Crippen molar-refractivity contribution in [1.82, 2.24) is 5.32 Å². The van der Waals surface area contributed by atoms with E-state index in [-0.39, 0.29) is 6.97 Å². The van der Waals surface area contributed by atoms with Crippen molar-refractivity contribution in [2.45, 2.75) is 18.4 Å². The van der Waals surface area contributed by atoms with E-state index in [1.165, 1.54) is 0 Å². The average molecular weight is 101 g/mol. The highest BCUT2D eigenvalue weighted by Crippen LogP contribution is 2.31. The zero-order chi connectivity index (χ0) is 5.33. The molecule has 1 N–H and O–H groups in total. The summed E-state index contributed by atoms with van der Waals surface area (Å²) in [5.74, 6) is 0. The lowest BCUT2D eigenvalue weighted by Gasteiger charge is -1.99. The molecule has 1 aliphatic rings. The lowest BCUT2D eigenvalue weighted by molar-refractivity contribution is -0.110. The summed E-state index contributed by atoms with van der Waals surface area (Å²) in [6.07, 6.45) is 3.03. The minimum absolute atomic E-state index is 0. The van der Waals surface area contributed by atoms with Crippen molar-refractivity contribution < 1.29 is 6.22 Å². The van der Waals surface area contributed by atoms with Crippen molar-refractivity contribution >= 4 is 6.29 Å². The van der Waals surface area contributed by atoms with Gasteiger partial charge in [-0.2, -0.15) is 0 Å². The monoisotopic (exact) mass is 101 g/mol. The lowest BCUT2D eigenvalue weighted by Crippen LogP contribution is -2.28. The second-order valence-corrected chi connectivity index (χ2v) is 2.02. The molecule has 0 atom stereocenters. The maximum atomic E-state index is 10.1. The predicted molar refractivity (Wildman–Crippen MR) is 29.2 cm³/mol. The van der Waals surface area contributed by atoms with E-state index in [9.17, 15) is 4.79 Å². The third kappa shape index (κ3) is 0.657. The third-order valence-electron chi connectivity index (χ3n) is 1.51. The minimum Gasteiger partial charge on any atom is -0.308 e. The third-order valence-corrected chi connectivity index (χ3v) is 1.51. The van der Waals surface area contributed by atoms with E-state index in [1.807, 2.05) is 7.05 Å². The van der Waals surface area contributed by atoms with E-state index in [2.05, 4.69) is 5.32 Å². The molecule has 0 saturated heterocycles. The number of rotatable bonds is 2. The van der Waals surface area contributed by atoms with Gasteiger partial charge in [-0.05, 0) is 19.9 Å². The fourth-order valence-electron chi connectivity index (χ4n) is 0.561. The molecular weight excluding hydrogens is 90.1 g/mol. The van der Waals surface area contributed by atoms with Crippen LogP contribution in [0.2, 0.25) is 0 Å². The van der Waals surface area contributed by atoms with Crippen LogP contribution in [0.4, 0.5) is 0 Å². The molecule has 0 spiro atoms. The Morgan fingerprint density at radius 1 is 1.86 bits per heavy atom. The number of aldehydes is 1. The van der Waals surface area contributed by atoms with Crippen molar-refractivity contribution in [1.29, 1.82) is 0 Å². The summed E-state index contributed by atoms with van der Waals surface area (Å²) in [7, 11) is 1.82. The summed E-state index contributed by atoms with van der Waals surface area (Å²) in [4.78, 5) is 10.1. The summed E-state index contributed by atoms with van der Waals surface area (Å²) >= 11 is 0. The number of nitrogens with one attached hydrogen (secondary N) is 1. The Morgan fingerprint density at radius 3 is 2.43 bits per heavy atom. The number of hydrogen-bond acceptors (Lipinski definition) is 2. The van der Waals surface area contributed by atoms with E-state index in [4.69, 9.17) is 0 Å². The smallest absolute Gasteiger partial charge is 0.140 e. The summed E-state index contributed by atoms with van der Waals surface area (Å²) in [6, 6.07) is 0. The van der Waals surface area contributed by atoms with E-state index in [0.29, 0.717) is 0 Å². The van der Waals surface area contributed by atoms with Crippen LogP contribution in [0.25, 0.3) is 0 Å². The molecule has 0 aromatic heterocycles. The summed E-state index contributed by atoms with van der Waals surface area (Å²) in [5, 5.41) is 2.93. The van der Waals surface area contributed by atoms with Crippen LogP contribution in [-0.2, 0) is 4.79 Å². The highest BCUT2D eigenvalue weighted by atomic mass is 16.1. The van der Waals surface area contributed by atoms with E-state index in [0.717, 1.165) is 19.1 Å². The van der Waals surface area contributed by atoms with E-state index in [1.54, 1.807) is 0 Å². The Hall–Kier alpha value is -0.370. The van der Waals surface area contributed by atoms with Crippen LogP contribution in [0.3, 0.4) is 0 Å². The number of likely N-dealkylation sites (N-methyl/N-ethyl adjacent to an activating group) is 1. The van der Waals surface area contributed by atoms with Gasteiger partial charge in [-0.3, -0.25) is 0 Å². The highest BCUT2D eigenvalue weighted by molar-refractivity contribution is 5.68. The Bertz CT molecular complexity index is 90.4. The summed E-state index contributed by atoms with van der Waals surface area (Å²) in [5.41, 5.74) is -0.0972. The van der Waals surface area contributed by atoms with Gasteiger partial charge in [0.1, 0.15) is 6.29 Å². The Labute approximate surface area is 44.4 Å². The van der Waals surface area contributed by atoms with Gasteiger partial charge < -0.3 is 10.1 Å². The van der Waals surface area contributed by atoms with E-state index < -0.39 is 0 Å². The molecule has 0 bridgehead atoms. The second kappa shape index (κ2) is 1.30. The minimum atomic E-state index is -0.0972. The maximum absolute atomic E-state index is 10.1. The van der Waals surface area contributed by atoms with Crippen LogP contribution in [0, 0.1) is 0 Å². The molecule has 0 aliphatic heterocycles. The average Bonchev–Trinajstić information content (AvgIpc) is 2.46. The molecule has 7 heavy (non-hydrogen) atoms. The molecule has 1 fully saturated rings. The molecule has 1 aliphatic carbocycles. The van der Waals surface area contributed by atoms with Crippen LogP contribution in [0.15, 0.2) is 0 Å². The molecule has 0 unspecified atom stereocenters. The SMILES string of the molecule is CNC1(C=O)CC1.[HH]. The fraction of sp³-hybridized carbons (Fsp3) is 0.800. The predicted octanol–water partition coefficient (Wildman–Crippen LogP) is 0.183. The van der Waals surface area contributed by atoms with Crippen molar-refractivity contribution in [3.05, 3.63) is 0 Å². The van der Waals surface area contributed by atoms with Crippen LogP contribution in [0.5, 0.6) is 0 Å². The van der Waals surface area contributed by atoms with Gasteiger partial charge >= 0.3 is 0 Å². The first-order valence-corrected chi connectivity index (χ1v) is 2.48.